The highest BCUT2D eigenvalue weighted by molar-refractivity contribution is 6.05. The van der Waals surface area contributed by atoms with Gasteiger partial charge in [-0.25, -0.2) is 9.78 Å². The minimum absolute atomic E-state index is 0.0524. The molecule has 4 aromatic rings. The van der Waals surface area contributed by atoms with Crippen molar-refractivity contribution < 1.29 is 27.2 Å². The highest BCUT2D eigenvalue weighted by atomic mass is 19.4. The molecule has 0 fully saturated rings. The number of benzene rings is 2. The summed E-state index contributed by atoms with van der Waals surface area (Å²) < 4.78 is 46.5. The lowest BCUT2D eigenvalue weighted by molar-refractivity contribution is -0.137. The fourth-order valence-electron chi connectivity index (χ4n) is 3.46. The summed E-state index contributed by atoms with van der Waals surface area (Å²) in [5.41, 5.74) is 0.242. The summed E-state index contributed by atoms with van der Waals surface area (Å²) in [7, 11) is 0. The molecule has 0 unspecified atom stereocenters. The van der Waals surface area contributed by atoms with Gasteiger partial charge in [-0.1, -0.05) is 6.07 Å². The Hall–Kier alpha value is -4.28. The number of fused-ring (bicyclic) bond motifs is 1. The van der Waals surface area contributed by atoms with Gasteiger partial charge in [-0.3, -0.25) is 10.1 Å². The average Bonchev–Trinajstić information content (AvgIpc) is 3.41. The van der Waals surface area contributed by atoms with E-state index in [1.165, 1.54) is 18.4 Å². The molecule has 2 aromatic carbocycles. The van der Waals surface area contributed by atoms with Crippen molar-refractivity contribution in [3.05, 3.63) is 77.7 Å². The molecule has 35 heavy (non-hydrogen) atoms. The molecule has 4 rings (SSSR count). The van der Waals surface area contributed by atoms with Gasteiger partial charge in [0, 0.05) is 17.3 Å². The Labute approximate surface area is 198 Å². The molecule has 3 N–H and O–H groups in total. The number of imidazole rings is 1. The molecule has 0 saturated carbocycles. The molecule has 0 aliphatic rings. The topological polar surface area (TPSA) is 101 Å². The molecular formula is C24H22F3N5O3. The van der Waals surface area contributed by atoms with Gasteiger partial charge in [0.2, 0.25) is 5.95 Å². The van der Waals surface area contributed by atoms with Crippen molar-refractivity contribution in [2.24, 2.45) is 0 Å². The van der Waals surface area contributed by atoms with Crippen LogP contribution in [0.25, 0.3) is 11.0 Å². The molecule has 2 aromatic heterocycles. The van der Waals surface area contributed by atoms with Gasteiger partial charge in [0.1, 0.15) is 5.76 Å². The lowest BCUT2D eigenvalue weighted by atomic mass is 10.2. The zero-order chi connectivity index (χ0) is 25.2. The fraction of sp³-hybridized carbons (Fsp3) is 0.208. The third-order valence-corrected chi connectivity index (χ3v) is 5.00. The third-order valence-electron chi connectivity index (χ3n) is 5.00. The lowest BCUT2D eigenvalue weighted by Crippen LogP contribution is -2.34. The van der Waals surface area contributed by atoms with Crippen molar-refractivity contribution in [1.29, 1.82) is 0 Å². The van der Waals surface area contributed by atoms with Crippen LogP contribution in [0.3, 0.4) is 0 Å². The molecule has 182 valence electrons. The third kappa shape index (κ3) is 5.62. The zero-order valence-electron chi connectivity index (χ0n) is 18.8. The van der Waals surface area contributed by atoms with Gasteiger partial charge >= 0.3 is 12.2 Å². The second kappa shape index (κ2) is 9.53. The number of hydrogen-bond donors (Lipinski definition) is 3. The van der Waals surface area contributed by atoms with E-state index >= 15 is 0 Å². The summed E-state index contributed by atoms with van der Waals surface area (Å²) in [6.07, 6.45) is -3.06. The molecule has 0 aliphatic heterocycles. The summed E-state index contributed by atoms with van der Waals surface area (Å²) in [5.74, 6) is 0.0312. The standard InChI is InChI=1S/C24H22F3N5O3/c1-14(2)28-23(34)29-17-6-3-5-15(11-17)21(33)31-22-30-19-12-16(24(25,26)27)8-9-20(19)32(22)13-18-7-4-10-35-18/h3-12,14H,13H2,1-2H3,(H2,28,29,34)(H,30,31,33). The van der Waals surface area contributed by atoms with E-state index in [0.717, 1.165) is 12.1 Å². The Balaban J connectivity index is 1.64. The zero-order valence-corrected chi connectivity index (χ0v) is 18.8. The van der Waals surface area contributed by atoms with E-state index in [4.69, 9.17) is 4.42 Å². The van der Waals surface area contributed by atoms with E-state index in [9.17, 15) is 22.8 Å². The molecule has 0 atom stereocenters. The van der Waals surface area contributed by atoms with Crippen LogP contribution in [0.5, 0.6) is 0 Å². The first-order valence-corrected chi connectivity index (χ1v) is 10.7. The van der Waals surface area contributed by atoms with Crippen LogP contribution in [0.1, 0.15) is 35.5 Å². The second-order valence-corrected chi connectivity index (χ2v) is 8.09. The highest BCUT2D eigenvalue weighted by Gasteiger charge is 2.31. The molecule has 0 spiro atoms. The Morgan fingerprint density at radius 1 is 1.06 bits per heavy atom. The van der Waals surface area contributed by atoms with Crippen molar-refractivity contribution >= 4 is 34.6 Å². The number of nitrogens with one attached hydrogen (secondary N) is 3. The van der Waals surface area contributed by atoms with Crippen molar-refractivity contribution in [2.75, 3.05) is 10.6 Å². The number of furan rings is 1. The number of halogens is 3. The van der Waals surface area contributed by atoms with Crippen LogP contribution < -0.4 is 16.0 Å². The monoisotopic (exact) mass is 485 g/mol. The number of rotatable bonds is 6. The van der Waals surface area contributed by atoms with Gasteiger partial charge in [-0.05, 0) is 62.4 Å². The van der Waals surface area contributed by atoms with Crippen molar-refractivity contribution in [2.45, 2.75) is 32.6 Å². The average molecular weight is 485 g/mol. The van der Waals surface area contributed by atoms with E-state index in [1.54, 1.807) is 34.9 Å². The molecule has 2 heterocycles. The molecule has 0 bridgehead atoms. The highest BCUT2D eigenvalue weighted by Crippen LogP contribution is 2.32. The van der Waals surface area contributed by atoms with Crippen LogP contribution in [0.4, 0.5) is 29.6 Å². The largest absolute Gasteiger partial charge is 0.467 e. The Bertz CT molecular complexity index is 1360. The Kier molecular flexibility index (Phi) is 6.50. The minimum Gasteiger partial charge on any atom is -0.467 e. The first-order chi connectivity index (χ1) is 16.6. The van der Waals surface area contributed by atoms with E-state index in [2.05, 4.69) is 20.9 Å². The van der Waals surface area contributed by atoms with Gasteiger partial charge in [-0.15, -0.1) is 0 Å². The number of aromatic nitrogens is 2. The normalized spacial score (nSPS) is 11.6. The van der Waals surface area contributed by atoms with Crippen molar-refractivity contribution in [1.82, 2.24) is 14.9 Å². The summed E-state index contributed by atoms with van der Waals surface area (Å²) >= 11 is 0. The molecule has 3 amide bonds. The van der Waals surface area contributed by atoms with Crippen LogP contribution in [0.15, 0.2) is 65.3 Å². The van der Waals surface area contributed by atoms with Gasteiger partial charge in [0.15, 0.2) is 0 Å². The summed E-state index contributed by atoms with van der Waals surface area (Å²) in [4.78, 5) is 29.2. The van der Waals surface area contributed by atoms with Crippen LogP contribution in [-0.2, 0) is 12.7 Å². The first kappa shape index (κ1) is 23.9. The number of alkyl halides is 3. The van der Waals surface area contributed by atoms with E-state index in [-0.39, 0.29) is 29.6 Å². The van der Waals surface area contributed by atoms with E-state index in [0.29, 0.717) is 17.0 Å². The van der Waals surface area contributed by atoms with Gasteiger partial charge in [-0.2, -0.15) is 13.2 Å². The van der Waals surface area contributed by atoms with Crippen LogP contribution in [0, 0.1) is 0 Å². The molecule has 11 heteroatoms. The Morgan fingerprint density at radius 2 is 1.86 bits per heavy atom. The van der Waals surface area contributed by atoms with Crippen LogP contribution in [0.2, 0.25) is 0 Å². The lowest BCUT2D eigenvalue weighted by Gasteiger charge is -2.12. The SMILES string of the molecule is CC(C)NC(=O)Nc1cccc(C(=O)Nc2nc3cc(C(F)(F)F)ccc3n2Cc2ccco2)c1. The summed E-state index contributed by atoms with van der Waals surface area (Å²) in [5, 5.41) is 7.99. The number of amides is 3. The van der Waals surface area contributed by atoms with Crippen LogP contribution >= 0.6 is 0 Å². The quantitative estimate of drug-likeness (QED) is 0.337. The number of urea groups is 1. The van der Waals surface area contributed by atoms with Gasteiger partial charge in [0.25, 0.3) is 5.91 Å². The van der Waals surface area contributed by atoms with Gasteiger partial charge in [0.05, 0.1) is 29.4 Å². The summed E-state index contributed by atoms with van der Waals surface area (Å²) in [6.45, 7) is 3.77. The number of carbonyl (C=O) groups is 2. The van der Waals surface area contributed by atoms with E-state index < -0.39 is 23.7 Å². The fourth-order valence-corrected chi connectivity index (χ4v) is 3.46. The predicted molar refractivity (Wildman–Crippen MR) is 124 cm³/mol. The molecule has 8 nitrogen and oxygen atoms in total. The Morgan fingerprint density at radius 3 is 2.54 bits per heavy atom. The van der Waals surface area contributed by atoms with Crippen molar-refractivity contribution in [3.8, 4) is 0 Å². The van der Waals surface area contributed by atoms with Gasteiger partial charge < -0.3 is 19.6 Å². The molecule has 0 aliphatic carbocycles. The smallest absolute Gasteiger partial charge is 0.416 e. The number of anilines is 2. The first-order valence-electron chi connectivity index (χ1n) is 10.7. The number of carbonyl (C=O) groups excluding carboxylic acids is 2. The number of hydrogen-bond acceptors (Lipinski definition) is 4. The second-order valence-electron chi connectivity index (χ2n) is 8.09. The van der Waals surface area contributed by atoms with Crippen LogP contribution in [-0.4, -0.2) is 27.5 Å². The van der Waals surface area contributed by atoms with E-state index in [1.807, 2.05) is 13.8 Å². The molecular weight excluding hydrogens is 463 g/mol. The van der Waals surface area contributed by atoms with Crippen molar-refractivity contribution in [3.63, 3.8) is 0 Å². The predicted octanol–water partition coefficient (Wildman–Crippen LogP) is 5.48. The maximum absolute atomic E-state index is 13.2. The molecule has 0 radical (unpaired) electrons. The summed E-state index contributed by atoms with van der Waals surface area (Å²) in [6, 6.07) is 12.4. The minimum atomic E-state index is -4.53. The maximum atomic E-state index is 13.2. The number of nitrogens with zero attached hydrogens (tertiary/aromatic N) is 2. The molecule has 0 saturated heterocycles. The maximum Gasteiger partial charge on any atom is 0.416 e.